The van der Waals surface area contributed by atoms with Crippen LogP contribution in [-0.4, -0.2) is 23.9 Å². The van der Waals surface area contributed by atoms with Gasteiger partial charge in [-0.2, -0.15) is 0 Å². The van der Waals surface area contributed by atoms with Crippen molar-refractivity contribution in [3.63, 3.8) is 0 Å². The number of ether oxygens (including phenoxy) is 4. The van der Waals surface area contributed by atoms with Crippen molar-refractivity contribution in [1.29, 1.82) is 0 Å². The predicted octanol–water partition coefficient (Wildman–Crippen LogP) is 5.17. The first kappa shape index (κ1) is 27.3. The first-order valence-corrected chi connectivity index (χ1v) is 11.4. The highest BCUT2D eigenvalue weighted by Gasteiger charge is 2.14. The number of benzene rings is 3. The number of esters is 4. The molecule has 38 heavy (non-hydrogen) atoms. The van der Waals surface area contributed by atoms with Crippen LogP contribution in [0.5, 0.6) is 23.0 Å². The van der Waals surface area contributed by atoms with E-state index in [4.69, 9.17) is 18.9 Å². The van der Waals surface area contributed by atoms with Gasteiger partial charge in [0.05, 0.1) is 0 Å². The fourth-order valence-electron chi connectivity index (χ4n) is 3.18. The second-order valence-electron chi connectivity index (χ2n) is 7.68. The zero-order chi connectivity index (χ0) is 27.5. The molecule has 0 fully saturated rings. The summed E-state index contributed by atoms with van der Waals surface area (Å²) in [6.45, 7) is 10.1. The van der Waals surface area contributed by atoms with E-state index in [9.17, 15) is 19.2 Å². The number of rotatable bonds is 11. The van der Waals surface area contributed by atoms with Crippen molar-refractivity contribution in [2.45, 2.75) is 12.8 Å². The van der Waals surface area contributed by atoms with Gasteiger partial charge in [-0.15, -0.1) is 0 Å². The van der Waals surface area contributed by atoms with Gasteiger partial charge in [0.15, 0.2) is 11.5 Å². The fraction of sp³-hybridized carbons (Fsp3) is 0.0667. The Bertz CT molecular complexity index is 1370. The predicted molar refractivity (Wildman–Crippen MR) is 140 cm³/mol. The van der Waals surface area contributed by atoms with Crippen LogP contribution in [0.15, 0.2) is 105 Å². The van der Waals surface area contributed by atoms with Gasteiger partial charge in [0, 0.05) is 24.6 Å². The van der Waals surface area contributed by atoms with E-state index in [0.29, 0.717) is 23.5 Å². The summed E-state index contributed by atoms with van der Waals surface area (Å²) in [5, 5.41) is 0. The van der Waals surface area contributed by atoms with Crippen LogP contribution < -0.4 is 18.9 Å². The maximum absolute atomic E-state index is 12.3. The van der Waals surface area contributed by atoms with Crippen molar-refractivity contribution in [1.82, 2.24) is 0 Å². The fourth-order valence-corrected chi connectivity index (χ4v) is 3.18. The molecule has 0 N–H and O–H groups in total. The normalized spacial score (nSPS) is 10.0. The monoisotopic (exact) mass is 512 g/mol. The Hall–Kier alpha value is -5.24. The van der Waals surface area contributed by atoms with E-state index in [1.54, 1.807) is 54.6 Å². The summed E-state index contributed by atoms with van der Waals surface area (Å²) in [7, 11) is 0. The van der Waals surface area contributed by atoms with Crippen LogP contribution in [-0.2, 0) is 25.6 Å². The van der Waals surface area contributed by atoms with E-state index in [2.05, 4.69) is 19.7 Å². The molecule has 0 saturated heterocycles. The smallest absolute Gasteiger partial charge is 0.335 e. The molecular formula is C30H24O8. The Balaban J connectivity index is 1.62. The molecule has 0 amide bonds. The van der Waals surface area contributed by atoms with Crippen LogP contribution >= 0.6 is 0 Å². The summed E-state index contributed by atoms with van der Waals surface area (Å²) in [6, 6.07) is 18.3. The molecule has 0 saturated carbocycles. The maximum Gasteiger partial charge on any atom is 0.335 e. The number of hydrogen-bond acceptors (Lipinski definition) is 8. The Labute approximate surface area is 219 Å². The van der Waals surface area contributed by atoms with Crippen LogP contribution in [0.1, 0.15) is 12.0 Å². The van der Waals surface area contributed by atoms with Gasteiger partial charge in [-0.3, -0.25) is 4.79 Å². The Morgan fingerprint density at radius 2 is 1.08 bits per heavy atom. The van der Waals surface area contributed by atoms with Crippen LogP contribution in [0.3, 0.4) is 0 Å². The van der Waals surface area contributed by atoms with Gasteiger partial charge in [-0.1, -0.05) is 50.1 Å². The van der Waals surface area contributed by atoms with Crippen LogP contribution in [0.25, 0.3) is 11.1 Å². The summed E-state index contributed by atoms with van der Waals surface area (Å²) < 4.78 is 20.8. The first-order valence-electron chi connectivity index (χ1n) is 11.4. The van der Waals surface area contributed by atoms with E-state index < -0.39 is 23.9 Å². The molecule has 192 valence electrons. The number of carbonyl (C=O) groups excluding carboxylic acids is 4. The van der Waals surface area contributed by atoms with Gasteiger partial charge < -0.3 is 18.9 Å². The average Bonchev–Trinajstić information content (AvgIpc) is 2.93. The zero-order valence-corrected chi connectivity index (χ0v) is 20.4. The lowest BCUT2D eigenvalue weighted by molar-refractivity contribution is -0.134. The molecule has 8 nitrogen and oxygen atoms in total. The third kappa shape index (κ3) is 7.89. The quantitative estimate of drug-likeness (QED) is 0.197. The highest BCUT2D eigenvalue weighted by atomic mass is 16.6. The van der Waals surface area contributed by atoms with E-state index in [1.807, 2.05) is 0 Å². The van der Waals surface area contributed by atoms with Gasteiger partial charge in [-0.25, -0.2) is 14.4 Å². The average molecular weight is 513 g/mol. The molecule has 0 bridgehead atoms. The molecule has 3 aromatic rings. The van der Waals surface area contributed by atoms with E-state index in [1.165, 1.54) is 12.1 Å². The highest BCUT2D eigenvalue weighted by molar-refractivity contribution is 5.87. The topological polar surface area (TPSA) is 105 Å². The van der Waals surface area contributed by atoms with Crippen molar-refractivity contribution < 1.29 is 38.1 Å². The summed E-state index contributed by atoms with van der Waals surface area (Å²) >= 11 is 0. The van der Waals surface area contributed by atoms with Crippen molar-refractivity contribution in [3.05, 3.63) is 110 Å². The minimum atomic E-state index is -0.715. The zero-order valence-electron chi connectivity index (χ0n) is 20.4. The summed E-state index contributed by atoms with van der Waals surface area (Å²) in [5.74, 6) is -1.54. The second kappa shape index (κ2) is 13.2. The van der Waals surface area contributed by atoms with Crippen molar-refractivity contribution in [3.8, 4) is 34.1 Å². The minimum Gasteiger partial charge on any atom is -0.427 e. The van der Waals surface area contributed by atoms with E-state index in [-0.39, 0.29) is 17.9 Å². The SMILES string of the molecule is C=CC(=O)Oc1ccc(CCC(=O)Oc2ccc(-c3ccc(OC(=O)C=C)c(OC(=O)C=C)c3)cc2)cc1. The first-order chi connectivity index (χ1) is 18.3. The molecule has 0 aliphatic rings. The standard InChI is InChI=1S/C30H24O8/c1-4-27(31)35-23-13-7-20(8-14-23)9-18-30(34)36-24-15-10-21(11-16-24)22-12-17-25(37-28(32)5-2)26(19-22)38-29(33)6-3/h4-8,10-17,19H,1-3,9,18H2. The van der Waals surface area contributed by atoms with E-state index in [0.717, 1.165) is 29.4 Å². The van der Waals surface area contributed by atoms with Crippen LogP contribution in [0, 0.1) is 0 Å². The molecule has 0 heterocycles. The number of carbonyl (C=O) groups is 4. The molecule has 8 heteroatoms. The van der Waals surface area contributed by atoms with Gasteiger partial charge in [-0.05, 0) is 59.5 Å². The van der Waals surface area contributed by atoms with Gasteiger partial charge >= 0.3 is 23.9 Å². The lowest BCUT2D eigenvalue weighted by Crippen LogP contribution is -2.09. The van der Waals surface area contributed by atoms with Crippen molar-refractivity contribution >= 4 is 23.9 Å². The molecular weight excluding hydrogens is 488 g/mol. The maximum atomic E-state index is 12.3. The Morgan fingerprint density at radius 1 is 0.579 bits per heavy atom. The Morgan fingerprint density at radius 3 is 1.68 bits per heavy atom. The van der Waals surface area contributed by atoms with Gasteiger partial charge in [0.1, 0.15) is 11.5 Å². The number of hydrogen-bond donors (Lipinski definition) is 0. The molecule has 3 rings (SSSR count). The lowest BCUT2D eigenvalue weighted by Gasteiger charge is -2.11. The molecule has 0 aliphatic heterocycles. The molecule has 0 aliphatic carbocycles. The van der Waals surface area contributed by atoms with Crippen molar-refractivity contribution in [2.24, 2.45) is 0 Å². The summed E-state index contributed by atoms with van der Waals surface area (Å²) in [6.07, 6.45) is 3.66. The summed E-state index contributed by atoms with van der Waals surface area (Å²) in [4.78, 5) is 46.9. The third-order valence-corrected chi connectivity index (χ3v) is 5.04. The van der Waals surface area contributed by atoms with Gasteiger partial charge in [0.25, 0.3) is 0 Å². The van der Waals surface area contributed by atoms with Crippen LogP contribution in [0.2, 0.25) is 0 Å². The largest absolute Gasteiger partial charge is 0.427 e. The van der Waals surface area contributed by atoms with E-state index >= 15 is 0 Å². The molecule has 0 radical (unpaired) electrons. The summed E-state index contributed by atoms with van der Waals surface area (Å²) in [5.41, 5.74) is 2.28. The lowest BCUT2D eigenvalue weighted by atomic mass is 10.0. The van der Waals surface area contributed by atoms with Crippen molar-refractivity contribution in [2.75, 3.05) is 0 Å². The molecule has 0 spiro atoms. The highest BCUT2D eigenvalue weighted by Crippen LogP contribution is 2.34. The van der Waals surface area contributed by atoms with Gasteiger partial charge in [0.2, 0.25) is 0 Å². The van der Waals surface area contributed by atoms with Crippen LogP contribution in [0.4, 0.5) is 0 Å². The molecule has 0 aromatic heterocycles. The minimum absolute atomic E-state index is 0.0324. The third-order valence-electron chi connectivity index (χ3n) is 5.04. The number of aryl methyl sites for hydroxylation is 1. The molecule has 0 unspecified atom stereocenters. The second-order valence-corrected chi connectivity index (χ2v) is 7.68. The molecule has 3 aromatic carbocycles. The Kier molecular flexibility index (Phi) is 9.48. The molecule has 0 atom stereocenters.